The number of unbranched alkanes of at least 4 members (excludes halogenated alkanes) is 1. The Balaban J connectivity index is 1.71. The average molecular weight is 999 g/mol. The van der Waals surface area contributed by atoms with Gasteiger partial charge in [-0.2, -0.15) is 11.8 Å². The summed E-state index contributed by atoms with van der Waals surface area (Å²) in [6.45, 7) is 9.35. The fourth-order valence-corrected chi connectivity index (χ4v) is 7.61. The van der Waals surface area contributed by atoms with Crippen LogP contribution >= 0.6 is 11.8 Å². The number of nitrogens with one attached hydrogen (secondary N) is 7. The second-order valence-electron chi connectivity index (χ2n) is 18.7. The highest BCUT2D eigenvalue weighted by Gasteiger charge is 2.38. The smallest absolute Gasteiger partial charge is 0.408 e. The van der Waals surface area contributed by atoms with Gasteiger partial charge in [-0.25, -0.2) is 14.4 Å². The Hall–Kier alpha value is -6.58. The number of phenolic OH excluding ortho intramolecular Hbond substituents is 1. The predicted molar refractivity (Wildman–Crippen MR) is 260 cm³/mol. The summed E-state index contributed by atoms with van der Waals surface area (Å²) >= 11 is 1.41. The normalized spacial score (nSPS) is 15.2. The van der Waals surface area contributed by atoms with E-state index < -0.39 is 108 Å². The molecule has 0 spiro atoms. The molecule has 5 atom stereocenters. The summed E-state index contributed by atoms with van der Waals surface area (Å²) in [5, 5.41) is 37.6. The van der Waals surface area contributed by atoms with Gasteiger partial charge >= 0.3 is 18.2 Å². The molecule has 1 aliphatic heterocycles. The maximum absolute atomic E-state index is 14.1. The first-order valence-electron chi connectivity index (χ1n) is 23.2. The molecule has 2 aromatic rings. The molecule has 0 saturated carbocycles. The van der Waals surface area contributed by atoms with E-state index in [2.05, 4.69) is 37.2 Å². The molecular formula is C48H70N8O13S. The van der Waals surface area contributed by atoms with Crippen molar-refractivity contribution in [3.8, 4) is 5.75 Å². The fraction of sp³-hybridized carbons (Fsp3) is 0.562. The summed E-state index contributed by atoms with van der Waals surface area (Å²) in [6, 6.07) is 8.83. The first kappa shape index (κ1) is 57.7. The van der Waals surface area contributed by atoms with Crippen LogP contribution in [0.4, 0.5) is 9.59 Å². The van der Waals surface area contributed by atoms with Gasteiger partial charge < -0.3 is 61.8 Å². The number of benzene rings is 2. The quantitative estimate of drug-likeness (QED) is 0.0646. The largest absolute Gasteiger partial charge is 0.508 e. The second kappa shape index (κ2) is 28.2. The van der Waals surface area contributed by atoms with Crippen LogP contribution in [0.25, 0.3) is 0 Å². The van der Waals surface area contributed by atoms with E-state index in [0.717, 1.165) is 0 Å². The summed E-state index contributed by atoms with van der Waals surface area (Å²) in [7, 11) is 0. The molecule has 8 amide bonds. The number of alkyl carbamates (subject to hydrolysis) is 2. The molecule has 3 rings (SSSR count). The number of carboxylic acids is 1. The van der Waals surface area contributed by atoms with Crippen LogP contribution in [0, 0.1) is 0 Å². The first-order valence-corrected chi connectivity index (χ1v) is 24.6. The Labute approximate surface area is 413 Å². The number of phenols is 1. The molecule has 1 aliphatic rings. The molecule has 2 aromatic carbocycles. The lowest BCUT2D eigenvalue weighted by molar-refractivity contribution is -0.149. The SMILES string of the molecule is CSCC[C@H](NC(=O)[C@H](Cc1ccccc1)NC(=O)CNC(=O)CNC(=O)[C@H](Cc1ccc(O)cc1)NC(=O)OC(C)(C)C)C(=O)N[C@@H](CCCCNC(=O)OC(C)(C)C)C(=O)N1CCC[C@H]1C(=O)O. The van der Waals surface area contributed by atoms with Crippen LogP contribution in [0.1, 0.15) is 91.2 Å². The third-order valence-corrected chi connectivity index (χ3v) is 11.1. The van der Waals surface area contributed by atoms with Crippen LogP contribution in [-0.4, -0.2) is 148 Å². The molecule has 70 heavy (non-hydrogen) atoms. The van der Waals surface area contributed by atoms with E-state index >= 15 is 0 Å². The zero-order chi connectivity index (χ0) is 52.0. The minimum absolute atomic E-state index is 0.00222. The highest BCUT2D eigenvalue weighted by molar-refractivity contribution is 7.98. The van der Waals surface area contributed by atoms with Gasteiger partial charge in [0, 0.05) is 25.9 Å². The number of amides is 8. The van der Waals surface area contributed by atoms with E-state index in [1.54, 1.807) is 84.0 Å². The van der Waals surface area contributed by atoms with Crippen molar-refractivity contribution in [2.24, 2.45) is 0 Å². The second-order valence-corrected chi connectivity index (χ2v) is 19.7. The molecule has 1 heterocycles. The standard InChI is InChI=1S/C48H70N8O13S/c1-47(2,3)68-45(66)49-23-12-11-16-34(43(63)56-24-13-17-37(56)44(64)65)54-41(61)33(22-25-70-7)53-42(62)36(26-30-14-9-8-10-15-30)52-39(59)29-50-38(58)28-51-40(60)35(55-46(67)69-48(4,5)6)27-31-18-20-32(57)21-19-31/h8-10,14-15,18-21,33-37,57H,11-13,16-17,22-29H2,1-7H3,(H,49,66)(H,50,58)(H,51,60)(H,52,59)(H,53,62)(H,54,61)(H,55,67)(H,64,65)/t33-,34-,35-,36-,37-/m0/s1. The number of hydrogen-bond acceptors (Lipinski definition) is 13. The predicted octanol–water partition coefficient (Wildman–Crippen LogP) is 2.28. The zero-order valence-electron chi connectivity index (χ0n) is 41.0. The topological polar surface area (TPSA) is 300 Å². The number of aromatic hydroxyl groups is 1. The van der Waals surface area contributed by atoms with E-state index in [1.165, 1.54) is 28.8 Å². The van der Waals surface area contributed by atoms with Crippen molar-refractivity contribution in [1.82, 2.24) is 42.1 Å². The maximum Gasteiger partial charge on any atom is 0.408 e. The van der Waals surface area contributed by atoms with Gasteiger partial charge in [0.25, 0.3) is 0 Å². The summed E-state index contributed by atoms with van der Waals surface area (Å²) in [5.41, 5.74) is -0.318. The van der Waals surface area contributed by atoms with Gasteiger partial charge in [0.2, 0.25) is 35.4 Å². The van der Waals surface area contributed by atoms with Crippen molar-refractivity contribution in [3.63, 3.8) is 0 Å². The van der Waals surface area contributed by atoms with Crippen LogP contribution in [-0.2, 0) is 55.9 Å². The molecule has 1 saturated heterocycles. The van der Waals surface area contributed by atoms with Gasteiger partial charge in [0.15, 0.2) is 0 Å². The Morgan fingerprint density at radius 2 is 1.23 bits per heavy atom. The van der Waals surface area contributed by atoms with Gasteiger partial charge in [-0.1, -0.05) is 42.5 Å². The Bertz CT molecular complexity index is 2100. The molecule has 22 heteroatoms. The molecule has 386 valence electrons. The molecule has 21 nitrogen and oxygen atoms in total. The molecule has 1 fully saturated rings. The van der Waals surface area contributed by atoms with Gasteiger partial charge in [0.1, 0.15) is 47.2 Å². The van der Waals surface area contributed by atoms with E-state index in [-0.39, 0.29) is 50.9 Å². The van der Waals surface area contributed by atoms with Crippen molar-refractivity contribution in [3.05, 3.63) is 65.7 Å². The summed E-state index contributed by atoms with van der Waals surface area (Å²) in [5.74, 6) is -5.06. The number of nitrogens with zero attached hydrogens (tertiary/aromatic N) is 1. The Morgan fingerprint density at radius 1 is 0.657 bits per heavy atom. The number of carbonyl (C=O) groups excluding carboxylic acids is 8. The first-order chi connectivity index (χ1) is 32.9. The Kier molecular flexibility index (Phi) is 23.2. The zero-order valence-corrected chi connectivity index (χ0v) is 41.8. The van der Waals surface area contributed by atoms with Crippen molar-refractivity contribution in [2.75, 3.05) is 38.2 Å². The lowest BCUT2D eigenvalue weighted by Gasteiger charge is -2.29. The molecular weight excluding hydrogens is 929 g/mol. The number of thioether (sulfide) groups is 1. The summed E-state index contributed by atoms with van der Waals surface area (Å²) < 4.78 is 10.6. The minimum Gasteiger partial charge on any atom is -0.508 e. The maximum atomic E-state index is 14.1. The number of carboxylic acid groups (broad SMARTS) is 1. The van der Waals surface area contributed by atoms with Crippen molar-refractivity contribution in [1.29, 1.82) is 0 Å². The number of aliphatic carboxylic acids is 1. The molecule has 0 unspecified atom stereocenters. The monoisotopic (exact) mass is 998 g/mol. The number of rotatable bonds is 25. The van der Waals surface area contributed by atoms with E-state index in [0.29, 0.717) is 36.1 Å². The van der Waals surface area contributed by atoms with Crippen molar-refractivity contribution < 1.29 is 62.8 Å². The van der Waals surface area contributed by atoms with E-state index in [9.17, 15) is 53.4 Å². The minimum atomic E-state index is -1.26. The molecule has 0 aromatic heterocycles. The molecule has 0 bridgehead atoms. The highest BCUT2D eigenvalue weighted by Crippen LogP contribution is 2.21. The Morgan fingerprint density at radius 3 is 1.84 bits per heavy atom. The molecule has 0 aliphatic carbocycles. The number of hydrogen-bond donors (Lipinski definition) is 9. The highest BCUT2D eigenvalue weighted by atomic mass is 32.2. The molecule has 0 radical (unpaired) electrons. The van der Waals surface area contributed by atoms with E-state index in [1.807, 2.05) is 6.26 Å². The average Bonchev–Trinajstić information content (AvgIpc) is 3.78. The molecule has 9 N–H and O–H groups in total. The van der Waals surface area contributed by atoms with Crippen molar-refractivity contribution in [2.45, 2.75) is 134 Å². The van der Waals surface area contributed by atoms with Gasteiger partial charge in [0.05, 0.1) is 13.1 Å². The van der Waals surface area contributed by atoms with Gasteiger partial charge in [-0.05, 0) is 115 Å². The van der Waals surface area contributed by atoms with Crippen LogP contribution in [0.15, 0.2) is 54.6 Å². The lowest BCUT2D eigenvalue weighted by atomic mass is 10.0. The summed E-state index contributed by atoms with van der Waals surface area (Å²) in [6.07, 6.45) is 1.98. The number of carbonyl (C=O) groups is 9. The fourth-order valence-electron chi connectivity index (χ4n) is 7.14. The third kappa shape index (κ3) is 21.8. The summed E-state index contributed by atoms with van der Waals surface area (Å²) in [4.78, 5) is 120. The van der Waals surface area contributed by atoms with Gasteiger partial charge in [-0.15, -0.1) is 0 Å². The van der Waals surface area contributed by atoms with Crippen LogP contribution < -0.4 is 37.2 Å². The van der Waals surface area contributed by atoms with Gasteiger partial charge in [-0.3, -0.25) is 28.8 Å². The van der Waals surface area contributed by atoms with E-state index in [4.69, 9.17) is 9.47 Å². The number of ether oxygens (including phenoxy) is 2. The lowest BCUT2D eigenvalue weighted by Crippen LogP contribution is -2.58. The van der Waals surface area contributed by atoms with Crippen LogP contribution in [0.3, 0.4) is 0 Å². The third-order valence-electron chi connectivity index (χ3n) is 10.5. The number of likely N-dealkylation sites (tertiary alicyclic amines) is 1. The van der Waals surface area contributed by atoms with Crippen LogP contribution in [0.2, 0.25) is 0 Å². The van der Waals surface area contributed by atoms with Crippen molar-refractivity contribution >= 4 is 65.4 Å². The van der Waals surface area contributed by atoms with Crippen LogP contribution in [0.5, 0.6) is 5.75 Å².